The molecule has 2 aliphatic heterocycles. The Bertz CT molecular complexity index is 1120. The van der Waals surface area contributed by atoms with Crippen molar-refractivity contribution in [3.63, 3.8) is 0 Å². The van der Waals surface area contributed by atoms with Gasteiger partial charge in [0.25, 0.3) is 5.91 Å². The van der Waals surface area contributed by atoms with E-state index in [4.69, 9.17) is 0 Å². The van der Waals surface area contributed by atoms with Gasteiger partial charge >= 0.3 is 6.18 Å². The van der Waals surface area contributed by atoms with Gasteiger partial charge < -0.3 is 4.90 Å². The zero-order chi connectivity index (χ0) is 22.5. The Morgan fingerprint density at radius 2 is 1.78 bits per heavy atom. The van der Waals surface area contributed by atoms with Crippen LogP contribution in [0.4, 0.5) is 13.2 Å². The average molecular weight is 460 g/mol. The molecular formula is C24H24F3N3OS. The Hall–Kier alpha value is -2.42. The summed E-state index contributed by atoms with van der Waals surface area (Å²) in [6, 6.07) is 16.6. The van der Waals surface area contributed by atoms with Gasteiger partial charge in [0, 0.05) is 49.5 Å². The van der Waals surface area contributed by atoms with Gasteiger partial charge in [-0.05, 0) is 36.2 Å². The van der Waals surface area contributed by atoms with Gasteiger partial charge in [0.1, 0.15) is 0 Å². The van der Waals surface area contributed by atoms with E-state index in [0.29, 0.717) is 40.1 Å². The van der Waals surface area contributed by atoms with Crippen LogP contribution in [0.3, 0.4) is 0 Å². The molecule has 0 atom stereocenters. The number of likely N-dealkylation sites (tertiary alicyclic amines) is 2. The highest BCUT2D eigenvalue weighted by molar-refractivity contribution is 7.20. The Balaban J connectivity index is 1.13. The highest BCUT2D eigenvalue weighted by Crippen LogP contribution is 2.35. The van der Waals surface area contributed by atoms with E-state index in [1.807, 2.05) is 6.07 Å². The molecule has 2 aliphatic rings. The molecule has 1 amide bonds. The number of hydrogen-bond acceptors (Lipinski definition) is 4. The van der Waals surface area contributed by atoms with Crippen LogP contribution in [0.2, 0.25) is 0 Å². The first-order chi connectivity index (χ1) is 15.3. The van der Waals surface area contributed by atoms with Crippen molar-refractivity contribution in [1.82, 2.24) is 14.7 Å². The molecule has 0 saturated carbocycles. The van der Waals surface area contributed by atoms with Crippen LogP contribution < -0.4 is 0 Å². The minimum Gasteiger partial charge on any atom is -0.335 e. The molecule has 0 unspecified atom stereocenters. The number of benzene rings is 2. The Morgan fingerprint density at radius 3 is 2.47 bits per heavy atom. The predicted molar refractivity (Wildman–Crippen MR) is 120 cm³/mol. The lowest BCUT2D eigenvalue weighted by Gasteiger charge is -2.53. The third-order valence-electron chi connectivity index (χ3n) is 6.51. The van der Waals surface area contributed by atoms with Crippen molar-refractivity contribution >= 4 is 27.3 Å². The topological polar surface area (TPSA) is 26.8 Å². The maximum atomic E-state index is 12.9. The Morgan fingerprint density at radius 1 is 1.06 bits per heavy atom. The summed E-state index contributed by atoms with van der Waals surface area (Å²) in [6.07, 6.45) is -4.38. The standard InChI is InChI=1S/C24H24F3N3OS/c1-28(11-16-5-3-2-4-6-16)19-12-29(13-19)20-14-30(15-20)23(31)22-9-17-7-8-18(24(25,26)27)10-21(17)32-22/h2-10,19-20H,11-15H2,1H3. The van der Waals surface area contributed by atoms with E-state index in [9.17, 15) is 18.0 Å². The minimum absolute atomic E-state index is 0.0886. The second-order valence-corrected chi connectivity index (χ2v) is 9.82. The molecule has 0 spiro atoms. The highest BCUT2D eigenvalue weighted by atomic mass is 32.1. The number of rotatable bonds is 5. The number of hydrogen-bond donors (Lipinski definition) is 0. The molecule has 4 nitrogen and oxygen atoms in total. The van der Waals surface area contributed by atoms with Gasteiger partial charge in [-0.2, -0.15) is 13.2 Å². The van der Waals surface area contributed by atoms with Gasteiger partial charge in [-0.3, -0.25) is 14.6 Å². The summed E-state index contributed by atoms with van der Waals surface area (Å²) in [5.41, 5.74) is 0.624. The first-order valence-electron chi connectivity index (χ1n) is 10.7. The van der Waals surface area contributed by atoms with E-state index in [0.717, 1.165) is 43.1 Å². The summed E-state index contributed by atoms with van der Waals surface area (Å²) in [5.74, 6) is -0.0886. The molecule has 8 heteroatoms. The third-order valence-corrected chi connectivity index (χ3v) is 7.60. The van der Waals surface area contributed by atoms with Crippen molar-refractivity contribution in [2.45, 2.75) is 24.8 Å². The number of likely N-dealkylation sites (N-methyl/N-ethyl adjacent to an activating group) is 1. The van der Waals surface area contributed by atoms with Crippen LogP contribution in [-0.4, -0.2) is 65.9 Å². The number of thiophene rings is 1. The molecule has 168 valence electrons. The summed E-state index contributed by atoms with van der Waals surface area (Å²) in [5, 5.41) is 0.676. The van der Waals surface area contributed by atoms with E-state index >= 15 is 0 Å². The van der Waals surface area contributed by atoms with Gasteiger partial charge in [-0.15, -0.1) is 11.3 Å². The minimum atomic E-state index is -4.38. The maximum Gasteiger partial charge on any atom is 0.416 e. The molecule has 1 aromatic heterocycles. The molecule has 3 aromatic rings. The number of nitrogens with zero attached hydrogens (tertiary/aromatic N) is 3. The number of amides is 1. The van der Waals surface area contributed by atoms with Crippen molar-refractivity contribution in [3.8, 4) is 0 Å². The number of halogens is 3. The van der Waals surface area contributed by atoms with E-state index in [2.05, 4.69) is 41.1 Å². The molecule has 5 rings (SSSR count). The molecule has 0 radical (unpaired) electrons. The summed E-state index contributed by atoms with van der Waals surface area (Å²) in [4.78, 5) is 19.9. The van der Waals surface area contributed by atoms with Gasteiger partial charge in [-0.25, -0.2) is 0 Å². The maximum absolute atomic E-state index is 12.9. The Kier molecular flexibility index (Phi) is 5.47. The zero-order valence-electron chi connectivity index (χ0n) is 17.7. The van der Waals surface area contributed by atoms with Gasteiger partial charge in [0.2, 0.25) is 0 Å². The summed E-state index contributed by atoms with van der Waals surface area (Å²) in [7, 11) is 2.15. The SMILES string of the molecule is CN(Cc1ccccc1)C1CN(C2CN(C(=O)c3cc4ccc(C(F)(F)F)cc4s3)C2)C1. The molecule has 0 aliphatic carbocycles. The molecule has 0 bridgehead atoms. The average Bonchev–Trinajstić information content (AvgIpc) is 3.11. The number of fused-ring (bicyclic) bond motifs is 1. The first kappa shape index (κ1) is 21.4. The fourth-order valence-corrected chi connectivity index (χ4v) is 5.46. The monoisotopic (exact) mass is 459 g/mol. The van der Waals surface area contributed by atoms with Crippen LogP contribution in [0.5, 0.6) is 0 Å². The van der Waals surface area contributed by atoms with Crippen molar-refractivity contribution in [2.24, 2.45) is 0 Å². The van der Waals surface area contributed by atoms with Crippen LogP contribution in [0, 0.1) is 0 Å². The summed E-state index contributed by atoms with van der Waals surface area (Å²) < 4.78 is 39.3. The van der Waals surface area contributed by atoms with Crippen LogP contribution >= 0.6 is 11.3 Å². The third kappa shape index (κ3) is 4.14. The van der Waals surface area contributed by atoms with Gasteiger partial charge in [0.15, 0.2) is 0 Å². The number of carbonyl (C=O) groups is 1. The second kappa shape index (κ2) is 8.17. The van der Waals surface area contributed by atoms with Crippen molar-refractivity contribution in [2.75, 3.05) is 33.2 Å². The Labute approximate surface area is 188 Å². The predicted octanol–water partition coefficient (Wildman–Crippen LogP) is 4.56. The molecule has 0 N–H and O–H groups in total. The summed E-state index contributed by atoms with van der Waals surface area (Å²) >= 11 is 1.14. The van der Waals surface area contributed by atoms with E-state index in [1.165, 1.54) is 11.6 Å². The zero-order valence-corrected chi connectivity index (χ0v) is 18.5. The van der Waals surface area contributed by atoms with Crippen LogP contribution in [0.1, 0.15) is 20.8 Å². The molecular weight excluding hydrogens is 435 g/mol. The van der Waals surface area contributed by atoms with Crippen LogP contribution in [0.15, 0.2) is 54.6 Å². The molecule has 2 saturated heterocycles. The van der Waals surface area contributed by atoms with Crippen molar-refractivity contribution in [1.29, 1.82) is 0 Å². The normalized spacial score (nSPS) is 18.2. The quantitative estimate of drug-likeness (QED) is 0.560. The molecule has 2 aromatic carbocycles. The van der Waals surface area contributed by atoms with E-state index in [1.54, 1.807) is 11.0 Å². The number of alkyl halides is 3. The van der Waals surface area contributed by atoms with Crippen molar-refractivity contribution in [3.05, 3.63) is 70.6 Å². The largest absolute Gasteiger partial charge is 0.416 e. The fraction of sp³-hybridized carbons (Fsp3) is 0.375. The smallest absolute Gasteiger partial charge is 0.335 e. The molecule has 2 fully saturated rings. The van der Waals surface area contributed by atoms with E-state index in [-0.39, 0.29) is 5.91 Å². The fourth-order valence-electron chi connectivity index (χ4n) is 4.39. The molecule has 32 heavy (non-hydrogen) atoms. The highest BCUT2D eigenvalue weighted by Gasteiger charge is 2.42. The lowest BCUT2D eigenvalue weighted by Crippen LogP contribution is -2.69. The molecule has 3 heterocycles. The van der Waals surface area contributed by atoms with Crippen LogP contribution in [-0.2, 0) is 12.7 Å². The lowest BCUT2D eigenvalue weighted by atomic mass is 9.98. The van der Waals surface area contributed by atoms with Gasteiger partial charge in [-0.1, -0.05) is 36.4 Å². The van der Waals surface area contributed by atoms with Crippen molar-refractivity contribution < 1.29 is 18.0 Å². The van der Waals surface area contributed by atoms with Crippen LogP contribution in [0.25, 0.3) is 10.1 Å². The summed E-state index contributed by atoms with van der Waals surface area (Å²) in [6.45, 7) is 4.28. The first-order valence-corrected chi connectivity index (χ1v) is 11.5. The number of carbonyl (C=O) groups excluding carboxylic acids is 1. The second-order valence-electron chi connectivity index (χ2n) is 8.73. The van der Waals surface area contributed by atoms with Gasteiger partial charge in [0.05, 0.1) is 10.4 Å². The van der Waals surface area contributed by atoms with E-state index < -0.39 is 11.7 Å². The lowest BCUT2D eigenvalue weighted by molar-refractivity contribution is -0.137.